The molecule has 2 heterocycles. The van der Waals surface area contributed by atoms with Crippen molar-refractivity contribution in [3.8, 4) is 0 Å². The number of benzene rings is 1. The third kappa shape index (κ3) is 2.99. The first-order valence-electron chi connectivity index (χ1n) is 6.99. The van der Waals surface area contributed by atoms with E-state index < -0.39 is 0 Å². The van der Waals surface area contributed by atoms with Gasteiger partial charge in [0.25, 0.3) is 0 Å². The molecule has 1 aliphatic rings. The molecule has 0 radical (unpaired) electrons. The molecular weight excluding hydrogens is 286 g/mol. The number of fused-ring (bicyclic) bond motifs is 1. The van der Waals surface area contributed by atoms with Gasteiger partial charge in [0.2, 0.25) is 0 Å². The van der Waals surface area contributed by atoms with Crippen molar-refractivity contribution >= 4 is 33.3 Å². The lowest BCUT2D eigenvalue weighted by Gasteiger charge is -2.19. The third-order valence-corrected chi connectivity index (χ3v) is 4.60. The number of hydrazine groups is 1. The second kappa shape index (κ2) is 5.59. The molecule has 21 heavy (non-hydrogen) atoms. The van der Waals surface area contributed by atoms with Gasteiger partial charge in [0.1, 0.15) is 0 Å². The van der Waals surface area contributed by atoms with Crippen molar-refractivity contribution in [3.05, 3.63) is 23.2 Å². The first kappa shape index (κ1) is 14.2. The van der Waals surface area contributed by atoms with Gasteiger partial charge in [-0.2, -0.15) is 0 Å². The quantitative estimate of drug-likeness (QED) is 0.684. The monoisotopic (exact) mass is 305 g/mol. The highest BCUT2D eigenvalue weighted by Crippen LogP contribution is 2.24. The van der Waals surface area contributed by atoms with Crippen LogP contribution in [-0.2, 0) is 0 Å². The maximum Gasteiger partial charge on any atom is 0.319 e. The van der Waals surface area contributed by atoms with Gasteiger partial charge in [0.05, 0.1) is 21.3 Å². The van der Waals surface area contributed by atoms with E-state index in [0.29, 0.717) is 0 Å². The summed E-state index contributed by atoms with van der Waals surface area (Å²) in [5.74, 6) is 0. The van der Waals surface area contributed by atoms with Crippen LogP contribution < -0.4 is 21.5 Å². The molecule has 1 aromatic carbocycles. The summed E-state index contributed by atoms with van der Waals surface area (Å²) >= 11 is 1.62. The number of carbonyl (C=O) groups is 1. The van der Waals surface area contributed by atoms with Crippen molar-refractivity contribution in [1.82, 2.24) is 21.2 Å². The van der Waals surface area contributed by atoms with E-state index >= 15 is 0 Å². The van der Waals surface area contributed by atoms with E-state index in [0.717, 1.165) is 20.9 Å². The van der Waals surface area contributed by atoms with Crippen LogP contribution in [0.4, 0.5) is 10.5 Å². The van der Waals surface area contributed by atoms with Crippen LogP contribution in [0.1, 0.15) is 18.9 Å². The van der Waals surface area contributed by atoms with E-state index in [1.807, 2.05) is 39.0 Å². The summed E-state index contributed by atoms with van der Waals surface area (Å²) in [7, 11) is 0. The number of aromatic nitrogens is 1. The average molecular weight is 305 g/mol. The highest BCUT2D eigenvalue weighted by Gasteiger charge is 2.30. The van der Waals surface area contributed by atoms with E-state index in [-0.39, 0.29) is 24.2 Å². The smallest absolute Gasteiger partial charge is 0.319 e. The Kier molecular flexibility index (Phi) is 3.79. The fraction of sp³-hybridized carbons (Fsp3) is 0.429. The number of nitrogens with one attached hydrogen (secondary N) is 4. The number of thiazole rings is 1. The Labute approximate surface area is 127 Å². The summed E-state index contributed by atoms with van der Waals surface area (Å²) in [5.41, 5.74) is 7.98. The summed E-state index contributed by atoms with van der Waals surface area (Å²) in [6, 6.07) is 6.01. The molecule has 3 rings (SSSR count). The molecule has 6 nitrogen and oxygen atoms in total. The number of aryl methyl sites for hydroxylation is 1. The standard InChI is InChI=1S/C14H19N5OS/c1-7-13(8(2)19-18-7)17-14(20)16-10-4-5-11-12(6-10)21-9(3)15-11/h4-8,13,18-19H,1-3H3,(H2,16,17,20). The van der Waals surface area contributed by atoms with Crippen LogP contribution in [0, 0.1) is 6.92 Å². The van der Waals surface area contributed by atoms with Crippen LogP contribution in [0.15, 0.2) is 18.2 Å². The second-order valence-corrected chi connectivity index (χ2v) is 6.64. The Morgan fingerprint density at radius 1 is 1.29 bits per heavy atom. The zero-order valence-electron chi connectivity index (χ0n) is 12.2. The molecule has 112 valence electrons. The van der Waals surface area contributed by atoms with Crippen molar-refractivity contribution in [2.45, 2.75) is 38.9 Å². The van der Waals surface area contributed by atoms with Gasteiger partial charge in [0.15, 0.2) is 0 Å². The molecule has 1 aromatic heterocycles. The molecule has 2 atom stereocenters. The summed E-state index contributed by atoms with van der Waals surface area (Å²) in [6.45, 7) is 6.05. The lowest BCUT2D eigenvalue weighted by Crippen LogP contribution is -2.47. The highest BCUT2D eigenvalue weighted by atomic mass is 32.1. The number of hydrogen-bond donors (Lipinski definition) is 4. The predicted molar refractivity (Wildman–Crippen MR) is 85.5 cm³/mol. The number of amides is 2. The Morgan fingerprint density at radius 3 is 2.71 bits per heavy atom. The minimum absolute atomic E-state index is 0.0550. The van der Waals surface area contributed by atoms with Crippen molar-refractivity contribution in [3.63, 3.8) is 0 Å². The van der Waals surface area contributed by atoms with E-state index in [2.05, 4.69) is 26.5 Å². The molecule has 2 amide bonds. The van der Waals surface area contributed by atoms with Gasteiger partial charge in [-0.15, -0.1) is 11.3 Å². The summed E-state index contributed by atoms with van der Waals surface area (Å²) in [4.78, 5) is 16.5. The van der Waals surface area contributed by atoms with Crippen LogP contribution >= 0.6 is 11.3 Å². The van der Waals surface area contributed by atoms with Crippen LogP contribution in [0.2, 0.25) is 0 Å². The minimum atomic E-state index is -0.190. The van der Waals surface area contributed by atoms with Gasteiger partial charge in [0, 0.05) is 17.8 Å². The fourth-order valence-electron chi connectivity index (χ4n) is 2.56. The van der Waals surface area contributed by atoms with Gasteiger partial charge in [-0.1, -0.05) is 0 Å². The van der Waals surface area contributed by atoms with Gasteiger partial charge in [-0.25, -0.2) is 9.78 Å². The van der Waals surface area contributed by atoms with Crippen molar-refractivity contribution < 1.29 is 4.79 Å². The lowest BCUT2D eigenvalue weighted by atomic mass is 10.1. The number of nitrogens with zero attached hydrogens (tertiary/aromatic N) is 1. The molecule has 0 saturated carbocycles. The Morgan fingerprint density at radius 2 is 2.00 bits per heavy atom. The predicted octanol–water partition coefficient (Wildman–Crippen LogP) is 1.98. The van der Waals surface area contributed by atoms with E-state index in [1.54, 1.807) is 11.3 Å². The van der Waals surface area contributed by atoms with Crippen LogP contribution in [0.3, 0.4) is 0 Å². The van der Waals surface area contributed by atoms with Crippen LogP contribution in [-0.4, -0.2) is 29.1 Å². The van der Waals surface area contributed by atoms with Gasteiger partial charge in [-0.3, -0.25) is 10.9 Å². The van der Waals surface area contributed by atoms with E-state index in [4.69, 9.17) is 0 Å². The molecule has 1 fully saturated rings. The topological polar surface area (TPSA) is 78.1 Å². The molecule has 2 aromatic rings. The Hall–Kier alpha value is -1.70. The number of anilines is 1. The molecule has 1 saturated heterocycles. The normalized spacial score (nSPS) is 25.2. The molecule has 7 heteroatoms. The Bertz CT molecular complexity index is 660. The van der Waals surface area contributed by atoms with Crippen molar-refractivity contribution in [2.75, 3.05) is 5.32 Å². The molecule has 2 unspecified atom stereocenters. The first-order chi connectivity index (χ1) is 10.0. The lowest BCUT2D eigenvalue weighted by molar-refractivity contribution is 0.246. The third-order valence-electron chi connectivity index (χ3n) is 3.67. The molecular formula is C14H19N5OS. The van der Waals surface area contributed by atoms with Crippen molar-refractivity contribution in [1.29, 1.82) is 0 Å². The highest BCUT2D eigenvalue weighted by molar-refractivity contribution is 7.18. The minimum Gasteiger partial charge on any atom is -0.332 e. The summed E-state index contributed by atoms with van der Waals surface area (Å²) in [5, 5.41) is 6.90. The van der Waals surface area contributed by atoms with Gasteiger partial charge in [-0.05, 0) is 39.0 Å². The van der Waals surface area contributed by atoms with E-state index in [1.165, 1.54) is 0 Å². The Balaban J connectivity index is 1.68. The molecule has 4 N–H and O–H groups in total. The molecule has 0 aliphatic carbocycles. The SMILES string of the molecule is Cc1nc2ccc(NC(=O)NC3C(C)NNC3C)cc2s1. The molecule has 0 spiro atoms. The number of carbonyl (C=O) groups excluding carboxylic acids is 1. The fourth-order valence-corrected chi connectivity index (χ4v) is 3.43. The number of rotatable bonds is 2. The summed E-state index contributed by atoms with van der Waals surface area (Å²) in [6.07, 6.45) is 0. The van der Waals surface area contributed by atoms with Gasteiger partial charge >= 0.3 is 6.03 Å². The van der Waals surface area contributed by atoms with Crippen molar-refractivity contribution in [2.24, 2.45) is 0 Å². The second-order valence-electron chi connectivity index (χ2n) is 5.41. The van der Waals surface area contributed by atoms with Gasteiger partial charge < -0.3 is 10.6 Å². The maximum atomic E-state index is 12.1. The number of urea groups is 1. The first-order valence-corrected chi connectivity index (χ1v) is 7.80. The van der Waals surface area contributed by atoms with Crippen LogP contribution in [0.5, 0.6) is 0 Å². The maximum absolute atomic E-state index is 12.1. The number of hydrogen-bond acceptors (Lipinski definition) is 5. The average Bonchev–Trinajstić information content (AvgIpc) is 2.94. The zero-order valence-corrected chi connectivity index (χ0v) is 13.0. The zero-order chi connectivity index (χ0) is 15.0. The summed E-state index contributed by atoms with van der Waals surface area (Å²) < 4.78 is 1.08. The molecule has 1 aliphatic heterocycles. The largest absolute Gasteiger partial charge is 0.332 e. The molecule has 0 bridgehead atoms. The van der Waals surface area contributed by atoms with Crippen LogP contribution in [0.25, 0.3) is 10.2 Å². The van der Waals surface area contributed by atoms with E-state index in [9.17, 15) is 4.79 Å².